The van der Waals surface area contributed by atoms with Gasteiger partial charge in [-0.1, -0.05) is 67.9 Å². The molecule has 0 aliphatic heterocycles. The summed E-state index contributed by atoms with van der Waals surface area (Å²) in [6, 6.07) is 22.8. The molecule has 206 valence electrons. The maximum Gasteiger partial charge on any atom is 0.269 e. The van der Waals surface area contributed by atoms with Crippen LogP contribution in [-0.4, -0.2) is 47.1 Å². The van der Waals surface area contributed by atoms with Gasteiger partial charge in [0.25, 0.3) is 5.69 Å². The van der Waals surface area contributed by atoms with Crippen LogP contribution in [0.3, 0.4) is 0 Å². The van der Waals surface area contributed by atoms with Crippen molar-refractivity contribution in [2.24, 2.45) is 0 Å². The van der Waals surface area contributed by atoms with E-state index >= 15 is 0 Å². The molecule has 3 aromatic rings. The van der Waals surface area contributed by atoms with E-state index in [1.165, 1.54) is 23.9 Å². The average Bonchev–Trinajstić information content (AvgIpc) is 2.95. The molecule has 0 saturated heterocycles. The number of hydrogen-bond donors (Lipinski definition) is 1. The van der Waals surface area contributed by atoms with Gasteiger partial charge in [0.1, 0.15) is 11.8 Å². The van der Waals surface area contributed by atoms with Crippen LogP contribution in [-0.2, 0) is 28.3 Å². The number of unbranched alkanes of at least 4 members (excludes halogenated alkanes) is 1. The number of nitro groups is 1. The summed E-state index contributed by atoms with van der Waals surface area (Å²) in [5, 5.41) is 13.9. The molecule has 9 heteroatoms. The minimum atomic E-state index is -0.692. The standard InChI is InChI=1S/C30H35N3O5S/c1-3-4-17-31-30(35)28(19-23-9-6-5-7-10-23)32(20-25-11-8-12-27(18-25)38-2)29(34)22-39-21-24-13-15-26(16-14-24)33(36)37/h5-16,18,28H,3-4,17,19-22H2,1-2H3,(H,31,35). The number of rotatable bonds is 15. The van der Waals surface area contributed by atoms with Gasteiger partial charge in [-0.25, -0.2) is 0 Å². The average molecular weight is 550 g/mol. The van der Waals surface area contributed by atoms with E-state index in [0.717, 1.165) is 29.5 Å². The Balaban J connectivity index is 1.82. The Morgan fingerprint density at radius 1 is 1.00 bits per heavy atom. The molecule has 1 atom stereocenters. The van der Waals surface area contributed by atoms with Crippen molar-refractivity contribution in [3.8, 4) is 5.75 Å². The number of carbonyl (C=O) groups is 2. The fourth-order valence-electron chi connectivity index (χ4n) is 4.08. The van der Waals surface area contributed by atoms with Gasteiger partial charge < -0.3 is 15.0 Å². The number of ether oxygens (including phenoxy) is 1. The molecule has 1 N–H and O–H groups in total. The van der Waals surface area contributed by atoms with E-state index in [2.05, 4.69) is 12.2 Å². The van der Waals surface area contributed by atoms with Crippen LogP contribution in [0.5, 0.6) is 5.75 Å². The molecule has 1 unspecified atom stereocenters. The molecule has 0 bridgehead atoms. The molecule has 0 fully saturated rings. The van der Waals surface area contributed by atoms with Crippen LogP contribution >= 0.6 is 11.8 Å². The van der Waals surface area contributed by atoms with Crippen LogP contribution < -0.4 is 10.1 Å². The summed E-state index contributed by atoms with van der Waals surface area (Å²) < 4.78 is 5.37. The SMILES string of the molecule is CCCCNC(=O)C(Cc1ccccc1)N(Cc1cccc(OC)c1)C(=O)CSCc1ccc([N+](=O)[O-])cc1. The number of benzene rings is 3. The molecule has 0 aromatic heterocycles. The normalized spacial score (nSPS) is 11.4. The first-order chi connectivity index (χ1) is 18.9. The second-order valence-corrected chi connectivity index (χ2v) is 10.1. The highest BCUT2D eigenvalue weighted by Crippen LogP contribution is 2.21. The van der Waals surface area contributed by atoms with E-state index < -0.39 is 11.0 Å². The number of methoxy groups -OCH3 is 1. The number of nitrogens with zero attached hydrogens (tertiary/aromatic N) is 2. The Kier molecular flexibility index (Phi) is 11.8. The van der Waals surface area contributed by atoms with Gasteiger partial charge in [0.2, 0.25) is 11.8 Å². The molecule has 0 saturated carbocycles. The number of nitro benzene ring substituents is 1. The van der Waals surface area contributed by atoms with Crippen LogP contribution in [0.25, 0.3) is 0 Å². The summed E-state index contributed by atoms with van der Waals surface area (Å²) in [5.41, 5.74) is 2.75. The smallest absolute Gasteiger partial charge is 0.269 e. The third kappa shape index (κ3) is 9.44. The van der Waals surface area contributed by atoms with E-state index in [9.17, 15) is 19.7 Å². The monoisotopic (exact) mass is 549 g/mol. The molecular weight excluding hydrogens is 514 g/mol. The van der Waals surface area contributed by atoms with Crippen molar-refractivity contribution < 1.29 is 19.2 Å². The van der Waals surface area contributed by atoms with Crippen molar-refractivity contribution in [3.05, 3.63) is 106 Å². The van der Waals surface area contributed by atoms with Crippen molar-refractivity contribution in [1.29, 1.82) is 0 Å². The van der Waals surface area contributed by atoms with E-state index in [1.54, 1.807) is 24.1 Å². The lowest BCUT2D eigenvalue weighted by Gasteiger charge is -2.31. The predicted molar refractivity (Wildman–Crippen MR) is 155 cm³/mol. The van der Waals surface area contributed by atoms with Gasteiger partial charge in [-0.15, -0.1) is 11.8 Å². The van der Waals surface area contributed by atoms with Gasteiger partial charge in [0, 0.05) is 37.4 Å². The highest BCUT2D eigenvalue weighted by atomic mass is 32.2. The molecule has 2 amide bonds. The fourth-order valence-corrected chi connectivity index (χ4v) is 4.95. The zero-order chi connectivity index (χ0) is 28.0. The highest BCUT2D eigenvalue weighted by Gasteiger charge is 2.30. The lowest BCUT2D eigenvalue weighted by Crippen LogP contribution is -2.51. The minimum Gasteiger partial charge on any atom is -0.497 e. The van der Waals surface area contributed by atoms with Crippen molar-refractivity contribution >= 4 is 29.3 Å². The number of thioether (sulfide) groups is 1. The van der Waals surface area contributed by atoms with Crippen molar-refractivity contribution in [2.75, 3.05) is 19.4 Å². The van der Waals surface area contributed by atoms with Gasteiger partial charge in [-0.2, -0.15) is 0 Å². The maximum absolute atomic E-state index is 13.7. The molecule has 39 heavy (non-hydrogen) atoms. The zero-order valence-corrected chi connectivity index (χ0v) is 23.2. The van der Waals surface area contributed by atoms with Crippen molar-refractivity contribution in [1.82, 2.24) is 10.2 Å². The summed E-state index contributed by atoms with van der Waals surface area (Å²) >= 11 is 1.41. The minimum absolute atomic E-state index is 0.0297. The number of non-ortho nitro benzene ring substituents is 1. The lowest BCUT2D eigenvalue weighted by atomic mass is 10.0. The third-order valence-corrected chi connectivity index (χ3v) is 7.22. The van der Waals surface area contributed by atoms with Gasteiger partial charge in [-0.05, 0) is 35.2 Å². The van der Waals surface area contributed by atoms with E-state index in [4.69, 9.17) is 4.74 Å². The largest absolute Gasteiger partial charge is 0.497 e. The third-order valence-electron chi connectivity index (χ3n) is 6.23. The van der Waals surface area contributed by atoms with Crippen molar-refractivity contribution in [2.45, 2.75) is 44.5 Å². The molecule has 0 aliphatic carbocycles. The second-order valence-electron chi connectivity index (χ2n) is 9.14. The van der Waals surface area contributed by atoms with E-state index in [1.807, 2.05) is 54.6 Å². The Hall–Kier alpha value is -3.85. The second kappa shape index (κ2) is 15.5. The van der Waals surface area contributed by atoms with Crippen LogP contribution in [0, 0.1) is 10.1 Å². The molecule has 3 rings (SSSR count). The Labute approximate surface area is 233 Å². The first-order valence-corrected chi connectivity index (χ1v) is 14.1. The van der Waals surface area contributed by atoms with Gasteiger partial charge in [-0.3, -0.25) is 19.7 Å². The summed E-state index contributed by atoms with van der Waals surface area (Å²) in [4.78, 5) is 39.3. The van der Waals surface area contributed by atoms with Crippen LogP contribution in [0.15, 0.2) is 78.9 Å². The zero-order valence-electron chi connectivity index (χ0n) is 22.4. The van der Waals surface area contributed by atoms with Crippen LogP contribution in [0.4, 0.5) is 5.69 Å². The number of nitrogens with one attached hydrogen (secondary N) is 1. The van der Waals surface area contributed by atoms with Gasteiger partial charge in [0.05, 0.1) is 17.8 Å². The summed E-state index contributed by atoms with van der Waals surface area (Å²) in [5.74, 6) is 1.02. The predicted octanol–water partition coefficient (Wildman–Crippen LogP) is 5.39. The molecule has 0 heterocycles. The Bertz CT molecular complexity index is 1220. The summed E-state index contributed by atoms with van der Waals surface area (Å²) in [7, 11) is 1.59. The first kappa shape index (κ1) is 29.7. The van der Waals surface area contributed by atoms with E-state index in [0.29, 0.717) is 24.5 Å². The molecule has 0 aliphatic rings. The number of hydrogen-bond acceptors (Lipinski definition) is 6. The number of carbonyl (C=O) groups excluding carboxylic acids is 2. The molecule has 0 spiro atoms. The lowest BCUT2D eigenvalue weighted by molar-refractivity contribution is -0.384. The summed E-state index contributed by atoms with van der Waals surface area (Å²) in [6.07, 6.45) is 2.20. The van der Waals surface area contributed by atoms with Crippen molar-refractivity contribution in [3.63, 3.8) is 0 Å². The molecule has 8 nitrogen and oxygen atoms in total. The maximum atomic E-state index is 13.7. The first-order valence-electron chi connectivity index (χ1n) is 13.0. The van der Waals surface area contributed by atoms with E-state index in [-0.39, 0.29) is 29.8 Å². The number of amides is 2. The van der Waals surface area contributed by atoms with Gasteiger partial charge in [0.15, 0.2) is 0 Å². The molecule has 3 aromatic carbocycles. The quantitative estimate of drug-likeness (QED) is 0.155. The molecule has 0 radical (unpaired) electrons. The Morgan fingerprint density at radius 2 is 1.72 bits per heavy atom. The van der Waals surface area contributed by atoms with Gasteiger partial charge >= 0.3 is 0 Å². The topological polar surface area (TPSA) is 102 Å². The molecular formula is C30H35N3O5S. The van der Waals surface area contributed by atoms with Crippen LogP contribution in [0.2, 0.25) is 0 Å². The highest BCUT2D eigenvalue weighted by molar-refractivity contribution is 7.99. The fraction of sp³-hybridized carbons (Fsp3) is 0.333. The Morgan fingerprint density at radius 3 is 2.38 bits per heavy atom. The summed E-state index contributed by atoms with van der Waals surface area (Å²) in [6.45, 7) is 2.87. The van der Waals surface area contributed by atoms with Crippen LogP contribution in [0.1, 0.15) is 36.5 Å².